The number of amides is 2. The van der Waals surface area contributed by atoms with E-state index < -0.39 is 0 Å². The number of rotatable bonds is 4. The zero-order valence-electron chi connectivity index (χ0n) is 14.4. The van der Waals surface area contributed by atoms with Crippen LogP contribution in [0.25, 0.3) is 22.0 Å². The molecule has 1 aliphatic heterocycles. The van der Waals surface area contributed by atoms with E-state index in [0.717, 1.165) is 28.3 Å². The van der Waals surface area contributed by atoms with Crippen molar-refractivity contribution in [3.8, 4) is 11.1 Å². The quantitative estimate of drug-likeness (QED) is 0.569. The van der Waals surface area contributed by atoms with Crippen LogP contribution < -0.4 is 0 Å². The van der Waals surface area contributed by atoms with Gasteiger partial charge in [0.2, 0.25) is 11.8 Å². The second kappa shape index (κ2) is 6.72. The molecule has 134 valence electrons. The van der Waals surface area contributed by atoms with Gasteiger partial charge in [-0.1, -0.05) is 24.3 Å². The summed E-state index contributed by atoms with van der Waals surface area (Å²) in [5.74, 6) is -0.631. The summed E-state index contributed by atoms with van der Waals surface area (Å²) in [7, 11) is 0. The number of nitrogens with zero attached hydrogens (tertiary/aromatic N) is 2. The Labute approximate surface area is 155 Å². The standard InChI is InChI=1S/C21H16FN3O2/c22-15-4-2-14(3-5-15)18-10-16(11-23)24-19-9-13(1-6-17(18)19)12-25-20(26)7-8-21(25)27/h1-6,9-11,23H,7-8,12H2. The van der Waals surface area contributed by atoms with Gasteiger partial charge in [0.25, 0.3) is 0 Å². The predicted octanol–water partition coefficient (Wildman–Crippen LogP) is 3.69. The Balaban J connectivity index is 1.79. The lowest BCUT2D eigenvalue weighted by Gasteiger charge is -2.15. The van der Waals surface area contributed by atoms with Crippen molar-refractivity contribution in [1.82, 2.24) is 9.88 Å². The maximum Gasteiger partial charge on any atom is 0.229 e. The van der Waals surface area contributed by atoms with Crippen LogP contribution in [-0.2, 0) is 16.1 Å². The summed E-state index contributed by atoms with van der Waals surface area (Å²) in [4.78, 5) is 29.4. The summed E-state index contributed by atoms with van der Waals surface area (Å²) in [6, 6.07) is 13.5. The van der Waals surface area contributed by atoms with Crippen LogP contribution in [0.5, 0.6) is 0 Å². The van der Waals surface area contributed by atoms with Gasteiger partial charge in [-0.3, -0.25) is 14.5 Å². The first-order chi connectivity index (χ1) is 13.0. The topological polar surface area (TPSA) is 74.1 Å². The van der Waals surface area contributed by atoms with Gasteiger partial charge in [-0.05, 0) is 41.0 Å². The number of carbonyl (C=O) groups is 2. The van der Waals surface area contributed by atoms with Crippen molar-refractivity contribution >= 4 is 28.9 Å². The van der Waals surface area contributed by atoms with Crippen LogP contribution in [0.2, 0.25) is 0 Å². The Kier molecular flexibility index (Phi) is 4.24. The molecule has 1 N–H and O–H groups in total. The van der Waals surface area contributed by atoms with E-state index in [0.29, 0.717) is 11.2 Å². The van der Waals surface area contributed by atoms with Crippen LogP contribution in [0.1, 0.15) is 24.1 Å². The summed E-state index contributed by atoms with van der Waals surface area (Å²) in [5, 5.41) is 8.41. The second-order valence-electron chi connectivity index (χ2n) is 6.47. The number of halogens is 1. The van der Waals surface area contributed by atoms with Crippen LogP contribution >= 0.6 is 0 Å². The second-order valence-corrected chi connectivity index (χ2v) is 6.47. The SMILES string of the molecule is N=Cc1cc(-c2ccc(F)cc2)c2ccc(CN3C(=O)CCC3=O)cc2n1. The molecule has 0 unspecified atom stereocenters. The fraction of sp³-hybridized carbons (Fsp3) is 0.143. The number of hydrogen-bond acceptors (Lipinski definition) is 4. The molecule has 0 aliphatic carbocycles. The average Bonchev–Trinajstić information content (AvgIpc) is 2.99. The van der Waals surface area contributed by atoms with Gasteiger partial charge in [0.15, 0.2) is 0 Å². The van der Waals surface area contributed by atoms with Crippen molar-refractivity contribution in [2.45, 2.75) is 19.4 Å². The predicted molar refractivity (Wildman–Crippen MR) is 99.8 cm³/mol. The lowest BCUT2D eigenvalue weighted by Crippen LogP contribution is -2.28. The Bertz CT molecular complexity index is 1060. The Morgan fingerprint density at radius 2 is 1.74 bits per heavy atom. The first-order valence-electron chi connectivity index (χ1n) is 8.58. The summed E-state index contributed by atoms with van der Waals surface area (Å²) >= 11 is 0. The zero-order valence-corrected chi connectivity index (χ0v) is 14.4. The molecule has 0 atom stereocenters. The van der Waals surface area contributed by atoms with Gasteiger partial charge < -0.3 is 5.41 Å². The minimum atomic E-state index is -0.313. The van der Waals surface area contributed by atoms with Gasteiger partial charge in [-0.25, -0.2) is 9.37 Å². The van der Waals surface area contributed by atoms with E-state index in [9.17, 15) is 14.0 Å². The van der Waals surface area contributed by atoms with Gasteiger partial charge in [0.05, 0.1) is 17.8 Å². The lowest BCUT2D eigenvalue weighted by molar-refractivity contribution is -0.139. The highest BCUT2D eigenvalue weighted by Crippen LogP contribution is 2.30. The fourth-order valence-corrected chi connectivity index (χ4v) is 3.32. The normalized spacial score (nSPS) is 14.2. The van der Waals surface area contributed by atoms with Crippen LogP contribution in [0.15, 0.2) is 48.5 Å². The molecule has 0 bridgehead atoms. The van der Waals surface area contributed by atoms with E-state index in [4.69, 9.17) is 5.41 Å². The number of nitrogens with one attached hydrogen (secondary N) is 1. The van der Waals surface area contributed by atoms with E-state index in [-0.39, 0.29) is 37.0 Å². The molecular formula is C21H16FN3O2. The van der Waals surface area contributed by atoms with Gasteiger partial charge in [-0.15, -0.1) is 0 Å². The molecule has 2 amide bonds. The average molecular weight is 361 g/mol. The number of carbonyl (C=O) groups excluding carboxylic acids is 2. The van der Waals surface area contributed by atoms with E-state index in [2.05, 4.69) is 4.98 Å². The first-order valence-corrected chi connectivity index (χ1v) is 8.58. The Hall–Kier alpha value is -3.41. The highest BCUT2D eigenvalue weighted by Gasteiger charge is 2.28. The molecule has 3 aromatic rings. The number of aromatic nitrogens is 1. The monoisotopic (exact) mass is 361 g/mol. The summed E-state index contributed by atoms with van der Waals surface area (Å²) in [5.41, 5.74) is 3.60. The minimum absolute atomic E-state index is 0.159. The number of likely N-dealkylation sites (tertiary alicyclic amines) is 1. The van der Waals surface area contributed by atoms with Crippen LogP contribution in [0.3, 0.4) is 0 Å². The zero-order chi connectivity index (χ0) is 19.0. The van der Waals surface area contributed by atoms with Crippen molar-refractivity contribution in [2.75, 3.05) is 0 Å². The van der Waals surface area contributed by atoms with Gasteiger partial charge in [0.1, 0.15) is 5.82 Å². The molecule has 4 rings (SSSR count). The largest absolute Gasteiger partial charge is 0.307 e. The molecule has 5 nitrogen and oxygen atoms in total. The van der Waals surface area contributed by atoms with Crippen LogP contribution in [-0.4, -0.2) is 27.9 Å². The van der Waals surface area contributed by atoms with Crippen molar-refractivity contribution in [3.05, 3.63) is 65.6 Å². The van der Waals surface area contributed by atoms with Gasteiger partial charge in [0, 0.05) is 24.4 Å². The van der Waals surface area contributed by atoms with E-state index >= 15 is 0 Å². The third-order valence-corrected chi connectivity index (χ3v) is 4.69. The molecule has 1 aromatic heterocycles. The molecule has 0 spiro atoms. The molecule has 1 fully saturated rings. The highest BCUT2D eigenvalue weighted by atomic mass is 19.1. The number of hydrogen-bond donors (Lipinski definition) is 1. The van der Waals surface area contributed by atoms with E-state index in [1.54, 1.807) is 18.2 Å². The number of pyridine rings is 1. The van der Waals surface area contributed by atoms with E-state index in [1.807, 2.05) is 18.2 Å². The molecule has 0 radical (unpaired) electrons. The van der Waals surface area contributed by atoms with Crippen molar-refractivity contribution < 1.29 is 14.0 Å². The molecule has 0 saturated carbocycles. The maximum absolute atomic E-state index is 13.3. The number of imide groups is 1. The molecule has 6 heteroatoms. The Morgan fingerprint density at radius 3 is 2.41 bits per heavy atom. The number of fused-ring (bicyclic) bond motifs is 1. The maximum atomic E-state index is 13.3. The fourth-order valence-electron chi connectivity index (χ4n) is 3.32. The molecule has 1 aliphatic rings. The third kappa shape index (κ3) is 3.21. The summed E-state index contributed by atoms with van der Waals surface area (Å²) < 4.78 is 13.3. The summed E-state index contributed by atoms with van der Waals surface area (Å²) in [6.07, 6.45) is 1.68. The summed E-state index contributed by atoms with van der Waals surface area (Å²) in [6.45, 7) is 0.218. The molecule has 27 heavy (non-hydrogen) atoms. The molecular weight excluding hydrogens is 345 g/mol. The van der Waals surface area contributed by atoms with Gasteiger partial charge in [-0.2, -0.15) is 0 Å². The van der Waals surface area contributed by atoms with E-state index in [1.165, 1.54) is 17.0 Å². The van der Waals surface area contributed by atoms with Gasteiger partial charge >= 0.3 is 0 Å². The van der Waals surface area contributed by atoms with Crippen molar-refractivity contribution in [1.29, 1.82) is 5.41 Å². The molecule has 1 saturated heterocycles. The lowest BCUT2D eigenvalue weighted by atomic mass is 9.99. The molecule has 2 heterocycles. The van der Waals surface area contributed by atoms with Crippen LogP contribution in [0.4, 0.5) is 4.39 Å². The highest BCUT2D eigenvalue weighted by molar-refractivity contribution is 6.02. The number of benzene rings is 2. The van der Waals surface area contributed by atoms with Crippen LogP contribution in [0, 0.1) is 11.2 Å². The first kappa shape index (κ1) is 17.0. The van der Waals surface area contributed by atoms with Crippen molar-refractivity contribution in [3.63, 3.8) is 0 Å². The van der Waals surface area contributed by atoms with Crippen molar-refractivity contribution in [2.24, 2.45) is 0 Å². The smallest absolute Gasteiger partial charge is 0.229 e. The third-order valence-electron chi connectivity index (χ3n) is 4.69. The minimum Gasteiger partial charge on any atom is -0.307 e. The Morgan fingerprint density at radius 1 is 1.04 bits per heavy atom. The molecule has 2 aromatic carbocycles.